The molecule has 0 bridgehead atoms. The van der Waals surface area contributed by atoms with E-state index < -0.39 is 15.9 Å². The average Bonchev–Trinajstić information content (AvgIpc) is 2.70. The number of para-hydroxylation sites is 1. The van der Waals surface area contributed by atoms with Crippen LogP contribution in [-0.2, 0) is 26.2 Å². The van der Waals surface area contributed by atoms with Crippen LogP contribution in [0.15, 0.2) is 53.4 Å². The van der Waals surface area contributed by atoms with Crippen LogP contribution >= 0.6 is 0 Å². The van der Waals surface area contributed by atoms with Gasteiger partial charge in [-0.15, -0.1) is 0 Å². The summed E-state index contributed by atoms with van der Waals surface area (Å²) in [5, 5.41) is 5.63. The second-order valence-electron chi connectivity index (χ2n) is 7.37. The molecule has 1 aliphatic rings. The molecule has 0 saturated carbocycles. The van der Waals surface area contributed by atoms with Crippen molar-refractivity contribution in [2.75, 3.05) is 12.4 Å². The number of benzene rings is 2. The lowest BCUT2D eigenvalue weighted by molar-refractivity contribution is -0.126. The van der Waals surface area contributed by atoms with Crippen molar-refractivity contribution in [1.82, 2.24) is 9.62 Å². The Kier molecular flexibility index (Phi) is 6.04. The molecule has 29 heavy (non-hydrogen) atoms. The topological polar surface area (TPSA) is 95.6 Å². The third-order valence-corrected chi connectivity index (χ3v) is 7.16. The summed E-state index contributed by atoms with van der Waals surface area (Å²) in [7, 11) is -1.99. The zero-order chi connectivity index (χ0) is 21.2. The summed E-state index contributed by atoms with van der Waals surface area (Å²) in [6.07, 6.45) is 0.0988. The highest BCUT2D eigenvalue weighted by Crippen LogP contribution is 2.32. The number of rotatable bonds is 6. The van der Waals surface area contributed by atoms with Crippen LogP contribution in [0.1, 0.15) is 37.3 Å². The molecule has 154 valence electrons. The third-order valence-electron chi connectivity index (χ3n) is 5.11. The van der Waals surface area contributed by atoms with Gasteiger partial charge >= 0.3 is 0 Å². The van der Waals surface area contributed by atoms with E-state index in [1.807, 2.05) is 32.0 Å². The number of carbonyl (C=O) groups is 2. The van der Waals surface area contributed by atoms with Crippen LogP contribution < -0.4 is 10.6 Å². The van der Waals surface area contributed by atoms with E-state index in [1.54, 1.807) is 37.4 Å². The van der Waals surface area contributed by atoms with E-state index in [9.17, 15) is 18.0 Å². The molecule has 2 aromatic carbocycles. The lowest BCUT2D eigenvalue weighted by atomic mass is 9.90. The molecule has 2 aromatic rings. The molecule has 1 heterocycles. The SMILES string of the molecule is CC(C)N(C)S(=O)(=O)c1ccc(CNC(=O)C2CC(=O)Nc3ccccc32)cc1. The van der Waals surface area contributed by atoms with Crippen molar-refractivity contribution in [1.29, 1.82) is 0 Å². The van der Waals surface area contributed by atoms with Crippen molar-refractivity contribution in [2.45, 2.75) is 43.7 Å². The number of hydrogen-bond acceptors (Lipinski definition) is 4. The van der Waals surface area contributed by atoms with Crippen molar-refractivity contribution in [3.05, 3.63) is 59.7 Å². The molecule has 8 heteroatoms. The molecule has 7 nitrogen and oxygen atoms in total. The van der Waals surface area contributed by atoms with Gasteiger partial charge < -0.3 is 10.6 Å². The first-order valence-electron chi connectivity index (χ1n) is 9.43. The molecule has 2 amide bonds. The maximum atomic E-state index is 12.7. The summed E-state index contributed by atoms with van der Waals surface area (Å²) >= 11 is 0. The number of anilines is 1. The van der Waals surface area contributed by atoms with Crippen molar-refractivity contribution in [3.63, 3.8) is 0 Å². The second-order valence-corrected chi connectivity index (χ2v) is 9.37. The van der Waals surface area contributed by atoms with Crippen LogP contribution in [0.5, 0.6) is 0 Å². The highest BCUT2D eigenvalue weighted by Gasteiger charge is 2.30. The van der Waals surface area contributed by atoms with E-state index >= 15 is 0 Å². The van der Waals surface area contributed by atoms with E-state index in [1.165, 1.54) is 4.31 Å². The fraction of sp³-hybridized carbons (Fsp3) is 0.333. The summed E-state index contributed by atoms with van der Waals surface area (Å²) in [6.45, 7) is 3.87. The van der Waals surface area contributed by atoms with E-state index in [4.69, 9.17) is 0 Å². The minimum absolute atomic E-state index is 0.0988. The first-order chi connectivity index (χ1) is 13.7. The van der Waals surface area contributed by atoms with Crippen LogP contribution in [0, 0.1) is 0 Å². The van der Waals surface area contributed by atoms with Crippen LogP contribution in [-0.4, -0.2) is 37.6 Å². The Morgan fingerprint density at radius 1 is 1.17 bits per heavy atom. The van der Waals surface area contributed by atoms with Crippen molar-refractivity contribution in [2.24, 2.45) is 0 Å². The zero-order valence-corrected chi connectivity index (χ0v) is 17.5. The van der Waals surface area contributed by atoms with Gasteiger partial charge in [-0.1, -0.05) is 30.3 Å². The quantitative estimate of drug-likeness (QED) is 0.758. The van der Waals surface area contributed by atoms with Gasteiger partial charge in [0.05, 0.1) is 10.8 Å². The van der Waals surface area contributed by atoms with Gasteiger partial charge in [-0.2, -0.15) is 4.31 Å². The summed E-state index contributed by atoms with van der Waals surface area (Å²) in [6, 6.07) is 13.6. The maximum absolute atomic E-state index is 12.7. The summed E-state index contributed by atoms with van der Waals surface area (Å²) in [5.41, 5.74) is 2.23. The minimum atomic E-state index is -3.54. The van der Waals surface area contributed by atoms with Crippen LogP contribution in [0.2, 0.25) is 0 Å². The minimum Gasteiger partial charge on any atom is -0.351 e. The Morgan fingerprint density at radius 3 is 2.48 bits per heavy atom. The van der Waals surface area contributed by atoms with Gasteiger partial charge in [-0.3, -0.25) is 9.59 Å². The number of sulfonamides is 1. The van der Waals surface area contributed by atoms with Crippen molar-refractivity contribution < 1.29 is 18.0 Å². The Bertz CT molecular complexity index is 1020. The Balaban J connectivity index is 1.68. The van der Waals surface area contributed by atoms with Gasteiger partial charge in [0, 0.05) is 31.7 Å². The lowest BCUT2D eigenvalue weighted by Gasteiger charge is -2.24. The number of fused-ring (bicyclic) bond motifs is 1. The molecule has 1 atom stereocenters. The summed E-state index contributed by atoms with van der Waals surface area (Å²) in [4.78, 5) is 24.8. The fourth-order valence-corrected chi connectivity index (χ4v) is 4.55. The Labute approximate surface area is 171 Å². The van der Waals surface area contributed by atoms with Gasteiger partial charge in [0.15, 0.2) is 0 Å². The first kappa shape index (κ1) is 21.0. The molecular weight excluding hydrogens is 390 g/mol. The largest absolute Gasteiger partial charge is 0.351 e. The molecule has 1 aliphatic heterocycles. The molecule has 0 aliphatic carbocycles. The standard InChI is InChI=1S/C21H25N3O4S/c1-14(2)24(3)29(27,28)16-10-8-15(9-11-16)13-22-21(26)18-12-20(25)23-19-7-5-4-6-17(18)19/h4-11,14,18H,12-13H2,1-3H3,(H,22,26)(H,23,25). The monoisotopic (exact) mass is 415 g/mol. The molecule has 2 N–H and O–H groups in total. The number of carbonyl (C=O) groups excluding carboxylic acids is 2. The van der Waals surface area contributed by atoms with Crippen LogP contribution in [0.3, 0.4) is 0 Å². The first-order valence-corrected chi connectivity index (χ1v) is 10.9. The molecule has 1 unspecified atom stereocenters. The summed E-state index contributed by atoms with van der Waals surface area (Å²) in [5.74, 6) is -0.962. The van der Waals surface area contributed by atoms with Gasteiger partial charge in [-0.25, -0.2) is 8.42 Å². The predicted molar refractivity (Wildman–Crippen MR) is 111 cm³/mol. The Hall–Kier alpha value is -2.71. The number of nitrogens with zero attached hydrogens (tertiary/aromatic N) is 1. The molecular formula is C21H25N3O4S. The van der Waals surface area contributed by atoms with Crippen LogP contribution in [0.4, 0.5) is 5.69 Å². The number of hydrogen-bond donors (Lipinski definition) is 2. The highest BCUT2D eigenvalue weighted by molar-refractivity contribution is 7.89. The van der Waals surface area contributed by atoms with Crippen molar-refractivity contribution in [3.8, 4) is 0 Å². The molecule has 0 aromatic heterocycles. The van der Waals surface area contributed by atoms with Gasteiger partial charge in [0.2, 0.25) is 21.8 Å². The molecule has 3 rings (SSSR count). The van der Waals surface area contributed by atoms with E-state index in [0.29, 0.717) is 5.69 Å². The van der Waals surface area contributed by atoms with E-state index in [2.05, 4.69) is 10.6 Å². The Morgan fingerprint density at radius 2 is 1.83 bits per heavy atom. The molecule has 0 fully saturated rings. The van der Waals surface area contributed by atoms with Gasteiger partial charge in [-0.05, 0) is 43.2 Å². The maximum Gasteiger partial charge on any atom is 0.243 e. The van der Waals surface area contributed by atoms with Crippen molar-refractivity contribution >= 4 is 27.5 Å². The van der Waals surface area contributed by atoms with E-state index in [0.717, 1.165) is 11.1 Å². The number of amides is 2. The number of nitrogens with one attached hydrogen (secondary N) is 2. The van der Waals surface area contributed by atoms with Gasteiger partial charge in [0.1, 0.15) is 0 Å². The predicted octanol–water partition coefficient (Wildman–Crippen LogP) is 2.46. The highest BCUT2D eigenvalue weighted by atomic mass is 32.2. The third kappa shape index (κ3) is 4.49. The second kappa shape index (κ2) is 8.34. The smallest absolute Gasteiger partial charge is 0.243 e. The lowest BCUT2D eigenvalue weighted by Crippen LogP contribution is -2.34. The van der Waals surface area contributed by atoms with Crippen LogP contribution in [0.25, 0.3) is 0 Å². The molecule has 0 spiro atoms. The zero-order valence-electron chi connectivity index (χ0n) is 16.7. The van der Waals surface area contributed by atoms with E-state index in [-0.39, 0.29) is 35.7 Å². The molecule has 0 saturated heterocycles. The average molecular weight is 416 g/mol. The van der Waals surface area contributed by atoms with Gasteiger partial charge in [0.25, 0.3) is 0 Å². The normalized spacial score (nSPS) is 16.4. The summed E-state index contributed by atoms with van der Waals surface area (Å²) < 4.78 is 26.4. The molecule has 0 radical (unpaired) electrons. The fourth-order valence-electron chi connectivity index (χ4n) is 3.18.